The van der Waals surface area contributed by atoms with Gasteiger partial charge in [0.2, 0.25) is 0 Å². The minimum atomic E-state index is -0.0531. The highest BCUT2D eigenvalue weighted by Gasteiger charge is 2.28. The summed E-state index contributed by atoms with van der Waals surface area (Å²) in [6.45, 7) is 12.3. The van der Waals surface area contributed by atoms with Crippen LogP contribution in [0.25, 0.3) is 0 Å². The molecule has 0 aromatic heterocycles. The van der Waals surface area contributed by atoms with Crippen molar-refractivity contribution in [3.63, 3.8) is 0 Å². The Hall–Kier alpha value is -0.850. The maximum atomic E-state index is 11.0. The van der Waals surface area contributed by atoms with Gasteiger partial charge < -0.3 is 4.79 Å². The Bertz CT molecular complexity index is 236. The second-order valence-electron chi connectivity index (χ2n) is 4.68. The Labute approximate surface area is 94.3 Å². The van der Waals surface area contributed by atoms with Crippen LogP contribution in [0, 0.1) is 11.3 Å². The van der Waals surface area contributed by atoms with E-state index in [1.165, 1.54) is 5.57 Å². The number of rotatable bonds is 7. The highest BCUT2D eigenvalue weighted by molar-refractivity contribution is 5.55. The van der Waals surface area contributed by atoms with Crippen LogP contribution in [0.4, 0.5) is 0 Å². The molecule has 15 heavy (non-hydrogen) atoms. The van der Waals surface area contributed by atoms with Crippen molar-refractivity contribution in [2.24, 2.45) is 11.3 Å². The van der Waals surface area contributed by atoms with E-state index in [1.54, 1.807) is 0 Å². The van der Waals surface area contributed by atoms with Gasteiger partial charge in [0.15, 0.2) is 0 Å². The lowest BCUT2D eigenvalue weighted by Crippen LogP contribution is -2.25. The number of carbonyl (C=O) groups is 1. The van der Waals surface area contributed by atoms with E-state index in [0.717, 1.165) is 25.5 Å². The van der Waals surface area contributed by atoms with E-state index >= 15 is 0 Å². The zero-order valence-corrected chi connectivity index (χ0v) is 10.5. The van der Waals surface area contributed by atoms with Crippen molar-refractivity contribution in [3.8, 4) is 0 Å². The molecule has 2 unspecified atom stereocenters. The van der Waals surface area contributed by atoms with Crippen LogP contribution in [0.2, 0.25) is 0 Å². The fourth-order valence-electron chi connectivity index (χ4n) is 1.83. The van der Waals surface area contributed by atoms with Crippen LogP contribution in [0.5, 0.6) is 0 Å². The van der Waals surface area contributed by atoms with E-state index in [1.807, 2.05) is 6.08 Å². The molecule has 0 N–H and O–H groups in total. The van der Waals surface area contributed by atoms with Crippen LogP contribution in [0.1, 0.15) is 47.0 Å². The molecule has 0 aromatic rings. The molecule has 0 fully saturated rings. The molecule has 2 atom stereocenters. The number of allylic oxidation sites excluding steroid dienone is 3. The molecule has 0 bridgehead atoms. The molecule has 0 spiro atoms. The van der Waals surface area contributed by atoms with E-state index in [2.05, 4.69) is 40.3 Å². The number of hydrogen-bond donors (Lipinski definition) is 0. The first kappa shape index (κ1) is 14.2. The summed E-state index contributed by atoms with van der Waals surface area (Å²) in [5, 5.41) is 0. The third-order valence-corrected chi connectivity index (χ3v) is 3.15. The van der Waals surface area contributed by atoms with E-state index in [0.29, 0.717) is 0 Å². The average molecular weight is 208 g/mol. The summed E-state index contributed by atoms with van der Waals surface area (Å²) >= 11 is 0. The molecule has 0 aromatic carbocycles. The summed E-state index contributed by atoms with van der Waals surface area (Å²) in [6.07, 6.45) is 8.15. The van der Waals surface area contributed by atoms with Gasteiger partial charge in [-0.1, -0.05) is 31.6 Å². The van der Waals surface area contributed by atoms with Crippen LogP contribution in [0.3, 0.4) is 0 Å². The summed E-state index contributed by atoms with van der Waals surface area (Å²) in [7, 11) is 0. The molecule has 0 heterocycles. The predicted octanol–water partition coefficient (Wildman–Crippen LogP) is 4.15. The molecule has 0 aliphatic heterocycles. The average Bonchev–Trinajstić information content (AvgIpc) is 2.19. The van der Waals surface area contributed by atoms with Gasteiger partial charge in [-0.15, -0.1) is 6.58 Å². The molecule has 0 saturated heterocycles. The third-order valence-electron chi connectivity index (χ3n) is 3.15. The summed E-state index contributed by atoms with van der Waals surface area (Å²) in [5.41, 5.74) is 1.28. The van der Waals surface area contributed by atoms with Crippen LogP contribution < -0.4 is 0 Å². The van der Waals surface area contributed by atoms with Crippen molar-refractivity contribution in [2.45, 2.75) is 47.0 Å². The van der Waals surface area contributed by atoms with E-state index in [4.69, 9.17) is 0 Å². The Morgan fingerprint density at radius 3 is 2.40 bits per heavy atom. The van der Waals surface area contributed by atoms with Crippen molar-refractivity contribution in [2.75, 3.05) is 0 Å². The Kier molecular flexibility index (Phi) is 6.23. The van der Waals surface area contributed by atoms with Gasteiger partial charge in [-0.3, -0.25) is 0 Å². The molecule has 1 nitrogen and oxygen atoms in total. The van der Waals surface area contributed by atoms with Gasteiger partial charge in [0, 0.05) is 5.92 Å². The maximum absolute atomic E-state index is 11.0. The molecule has 0 radical (unpaired) electrons. The standard InChI is InChI=1S/C14H24O/c1-6-13(11-15)14(5,7-2)10-8-9-12(3)4/h7,9,11,13H,2,6,8,10H2,1,3-5H3. The van der Waals surface area contributed by atoms with Crippen molar-refractivity contribution < 1.29 is 4.79 Å². The van der Waals surface area contributed by atoms with E-state index in [-0.39, 0.29) is 11.3 Å². The molecule has 1 heteroatoms. The fraction of sp³-hybridized carbons (Fsp3) is 0.643. The first-order valence-electron chi connectivity index (χ1n) is 5.72. The monoisotopic (exact) mass is 208 g/mol. The van der Waals surface area contributed by atoms with Crippen LogP contribution in [0.15, 0.2) is 24.3 Å². The minimum Gasteiger partial charge on any atom is -0.303 e. The van der Waals surface area contributed by atoms with Gasteiger partial charge in [-0.05, 0) is 38.5 Å². The second-order valence-corrected chi connectivity index (χ2v) is 4.68. The molecule has 0 saturated carbocycles. The van der Waals surface area contributed by atoms with Crippen LogP contribution in [-0.2, 0) is 4.79 Å². The number of carbonyl (C=O) groups excluding carboxylic acids is 1. The lowest BCUT2D eigenvalue weighted by atomic mass is 9.73. The summed E-state index contributed by atoms with van der Waals surface area (Å²) in [5.74, 6) is 0.0977. The quantitative estimate of drug-likeness (QED) is 0.454. The van der Waals surface area contributed by atoms with E-state index in [9.17, 15) is 4.79 Å². The molecular formula is C14H24O. The van der Waals surface area contributed by atoms with Crippen molar-refractivity contribution in [3.05, 3.63) is 24.3 Å². The zero-order valence-electron chi connectivity index (χ0n) is 10.5. The first-order chi connectivity index (χ1) is 7.00. The zero-order chi connectivity index (χ0) is 11.9. The molecule has 0 aliphatic carbocycles. The topological polar surface area (TPSA) is 17.1 Å². The predicted molar refractivity (Wildman–Crippen MR) is 66.8 cm³/mol. The SMILES string of the molecule is C=CC(C)(CCC=C(C)C)C(C=O)CC. The molecule has 0 aliphatic rings. The van der Waals surface area contributed by atoms with E-state index < -0.39 is 0 Å². The summed E-state index contributed by atoms with van der Waals surface area (Å²) < 4.78 is 0. The van der Waals surface area contributed by atoms with Gasteiger partial charge in [0.25, 0.3) is 0 Å². The van der Waals surface area contributed by atoms with Crippen LogP contribution >= 0.6 is 0 Å². The summed E-state index contributed by atoms with van der Waals surface area (Å²) in [4.78, 5) is 11.0. The highest BCUT2D eigenvalue weighted by atomic mass is 16.1. The lowest BCUT2D eigenvalue weighted by molar-refractivity contribution is -0.113. The highest BCUT2D eigenvalue weighted by Crippen LogP contribution is 2.35. The molecule has 0 rings (SSSR count). The lowest BCUT2D eigenvalue weighted by Gasteiger charge is -2.30. The van der Waals surface area contributed by atoms with Crippen molar-refractivity contribution in [1.29, 1.82) is 0 Å². The fourth-order valence-corrected chi connectivity index (χ4v) is 1.83. The number of aldehydes is 1. The maximum Gasteiger partial charge on any atom is 0.123 e. The molecule has 0 amide bonds. The Balaban J connectivity index is 4.49. The smallest absolute Gasteiger partial charge is 0.123 e. The van der Waals surface area contributed by atoms with Gasteiger partial charge in [-0.25, -0.2) is 0 Å². The summed E-state index contributed by atoms with van der Waals surface area (Å²) in [6, 6.07) is 0. The molecule has 86 valence electrons. The van der Waals surface area contributed by atoms with Crippen molar-refractivity contribution >= 4 is 6.29 Å². The largest absolute Gasteiger partial charge is 0.303 e. The second kappa shape index (κ2) is 6.60. The van der Waals surface area contributed by atoms with Gasteiger partial charge in [0.1, 0.15) is 6.29 Å². The number of hydrogen-bond acceptors (Lipinski definition) is 1. The Morgan fingerprint density at radius 2 is 2.07 bits per heavy atom. The first-order valence-corrected chi connectivity index (χ1v) is 5.72. The van der Waals surface area contributed by atoms with Crippen molar-refractivity contribution in [1.82, 2.24) is 0 Å². The Morgan fingerprint density at radius 1 is 1.47 bits per heavy atom. The third kappa shape index (κ3) is 4.46. The minimum absolute atomic E-state index is 0.0531. The van der Waals surface area contributed by atoms with Gasteiger partial charge >= 0.3 is 0 Å². The van der Waals surface area contributed by atoms with Gasteiger partial charge in [0.05, 0.1) is 0 Å². The van der Waals surface area contributed by atoms with Crippen LogP contribution in [-0.4, -0.2) is 6.29 Å². The van der Waals surface area contributed by atoms with Gasteiger partial charge in [-0.2, -0.15) is 0 Å². The molecular weight excluding hydrogens is 184 g/mol. The normalized spacial score (nSPS) is 16.3.